The van der Waals surface area contributed by atoms with Crippen molar-refractivity contribution in [3.05, 3.63) is 48.0 Å². The van der Waals surface area contributed by atoms with E-state index in [4.69, 9.17) is 9.47 Å². The molecule has 0 saturated heterocycles. The van der Waals surface area contributed by atoms with E-state index in [2.05, 4.69) is 5.32 Å². The van der Waals surface area contributed by atoms with Gasteiger partial charge in [-0.25, -0.2) is 0 Å². The molecule has 0 saturated carbocycles. The summed E-state index contributed by atoms with van der Waals surface area (Å²) in [5.41, 5.74) is 2.01. The number of hydrogen-bond acceptors (Lipinski definition) is 4. The number of anilines is 2. The molecule has 1 N–H and O–H groups in total. The number of likely N-dealkylation sites (N-methyl/N-ethyl adjacent to an activating group) is 1. The first-order valence-electron chi connectivity index (χ1n) is 7.53. The van der Waals surface area contributed by atoms with Crippen LogP contribution in [-0.2, 0) is 16.0 Å². The molecule has 0 spiro atoms. The predicted octanol–water partition coefficient (Wildman–Crippen LogP) is 2.23. The van der Waals surface area contributed by atoms with Crippen LogP contribution in [0.25, 0.3) is 0 Å². The van der Waals surface area contributed by atoms with E-state index in [1.165, 1.54) is 4.90 Å². The van der Waals surface area contributed by atoms with E-state index in [1.807, 2.05) is 24.3 Å². The fourth-order valence-electron chi connectivity index (χ4n) is 2.57. The highest BCUT2D eigenvalue weighted by Crippen LogP contribution is 2.38. The second-order valence-corrected chi connectivity index (χ2v) is 5.47. The minimum Gasteiger partial charge on any atom is -0.497 e. The molecule has 2 aromatic rings. The van der Waals surface area contributed by atoms with Crippen LogP contribution < -0.4 is 19.7 Å². The van der Waals surface area contributed by atoms with Gasteiger partial charge in [-0.15, -0.1) is 0 Å². The maximum absolute atomic E-state index is 12.3. The Kier molecular flexibility index (Phi) is 4.37. The quantitative estimate of drug-likeness (QED) is 0.935. The standard InChI is InChI=1S/C18H18N2O4/c1-20-17(22)11-24-15-5-3-4-14(18(15)20)19-16(21)10-12-6-8-13(23-2)9-7-12/h3-9H,10-11H2,1-2H3,(H,19,21). The minimum atomic E-state index is -0.167. The Morgan fingerprint density at radius 1 is 1.25 bits per heavy atom. The third kappa shape index (κ3) is 3.17. The van der Waals surface area contributed by atoms with E-state index in [0.29, 0.717) is 17.1 Å². The zero-order valence-corrected chi connectivity index (χ0v) is 13.5. The first-order chi connectivity index (χ1) is 11.6. The summed E-state index contributed by atoms with van der Waals surface area (Å²) >= 11 is 0. The van der Waals surface area contributed by atoms with Gasteiger partial charge in [-0.2, -0.15) is 0 Å². The van der Waals surface area contributed by atoms with Crippen LogP contribution in [0.4, 0.5) is 11.4 Å². The van der Waals surface area contributed by atoms with Crippen molar-refractivity contribution in [1.82, 2.24) is 0 Å². The summed E-state index contributed by atoms with van der Waals surface area (Å²) < 4.78 is 10.5. The second kappa shape index (κ2) is 6.62. The van der Waals surface area contributed by atoms with Crippen molar-refractivity contribution >= 4 is 23.2 Å². The summed E-state index contributed by atoms with van der Waals surface area (Å²) in [6.07, 6.45) is 0.228. The summed E-state index contributed by atoms with van der Waals surface area (Å²) in [6, 6.07) is 12.6. The van der Waals surface area contributed by atoms with Crippen LogP contribution in [0, 0.1) is 0 Å². The van der Waals surface area contributed by atoms with Gasteiger partial charge in [0, 0.05) is 7.05 Å². The summed E-state index contributed by atoms with van der Waals surface area (Å²) in [5.74, 6) is 1.01. The largest absolute Gasteiger partial charge is 0.497 e. The van der Waals surface area contributed by atoms with E-state index >= 15 is 0 Å². The molecular formula is C18H18N2O4. The Bertz CT molecular complexity index is 771. The van der Waals surface area contributed by atoms with Gasteiger partial charge < -0.3 is 19.7 Å². The van der Waals surface area contributed by atoms with Crippen LogP contribution in [0.15, 0.2) is 42.5 Å². The van der Waals surface area contributed by atoms with Crippen LogP contribution in [0.2, 0.25) is 0 Å². The van der Waals surface area contributed by atoms with Crippen molar-refractivity contribution < 1.29 is 19.1 Å². The van der Waals surface area contributed by atoms with Gasteiger partial charge in [0.05, 0.1) is 19.2 Å². The van der Waals surface area contributed by atoms with Gasteiger partial charge in [0.1, 0.15) is 17.2 Å². The molecule has 0 fully saturated rings. The van der Waals surface area contributed by atoms with Crippen LogP contribution in [0.1, 0.15) is 5.56 Å². The Morgan fingerprint density at radius 2 is 2.00 bits per heavy atom. The SMILES string of the molecule is COc1ccc(CC(=O)Nc2cccc3c2N(C)C(=O)CO3)cc1. The molecule has 0 bridgehead atoms. The lowest BCUT2D eigenvalue weighted by Gasteiger charge is -2.28. The van der Waals surface area contributed by atoms with Crippen LogP contribution in [-0.4, -0.2) is 32.6 Å². The summed E-state index contributed by atoms with van der Waals surface area (Å²) in [4.78, 5) is 25.6. The predicted molar refractivity (Wildman–Crippen MR) is 90.7 cm³/mol. The molecular weight excluding hydrogens is 308 g/mol. The smallest absolute Gasteiger partial charge is 0.264 e. The maximum atomic E-state index is 12.3. The van der Waals surface area contributed by atoms with Crippen LogP contribution >= 0.6 is 0 Å². The molecule has 2 amide bonds. The molecule has 24 heavy (non-hydrogen) atoms. The highest BCUT2D eigenvalue weighted by molar-refractivity contribution is 6.04. The first kappa shape index (κ1) is 15.9. The van der Waals surface area contributed by atoms with Crippen molar-refractivity contribution in [2.75, 3.05) is 31.0 Å². The van der Waals surface area contributed by atoms with E-state index < -0.39 is 0 Å². The number of rotatable bonds is 4. The second-order valence-electron chi connectivity index (χ2n) is 5.47. The fourth-order valence-corrected chi connectivity index (χ4v) is 2.57. The maximum Gasteiger partial charge on any atom is 0.264 e. The molecule has 6 nitrogen and oxygen atoms in total. The number of carbonyl (C=O) groups is 2. The summed E-state index contributed by atoms with van der Waals surface area (Å²) in [6.45, 7) is 0.00669. The lowest BCUT2D eigenvalue weighted by Crippen LogP contribution is -2.36. The number of amides is 2. The topological polar surface area (TPSA) is 67.9 Å². The van der Waals surface area contributed by atoms with Gasteiger partial charge in [-0.05, 0) is 29.8 Å². The Morgan fingerprint density at radius 3 is 2.71 bits per heavy atom. The van der Waals surface area contributed by atoms with Gasteiger partial charge in [-0.1, -0.05) is 18.2 Å². The van der Waals surface area contributed by atoms with Gasteiger partial charge in [-0.3, -0.25) is 9.59 Å². The van der Waals surface area contributed by atoms with E-state index in [-0.39, 0.29) is 24.8 Å². The van der Waals surface area contributed by atoms with Crippen LogP contribution in [0.3, 0.4) is 0 Å². The van der Waals surface area contributed by atoms with Crippen LogP contribution in [0.5, 0.6) is 11.5 Å². The number of hydrogen-bond donors (Lipinski definition) is 1. The molecule has 1 aliphatic heterocycles. The van der Waals surface area contributed by atoms with Crippen molar-refractivity contribution in [2.45, 2.75) is 6.42 Å². The average Bonchev–Trinajstić information content (AvgIpc) is 2.59. The number of para-hydroxylation sites is 1. The zero-order chi connectivity index (χ0) is 17.1. The summed E-state index contributed by atoms with van der Waals surface area (Å²) in [7, 11) is 3.27. The molecule has 0 atom stereocenters. The van der Waals surface area contributed by atoms with Crippen molar-refractivity contribution in [1.29, 1.82) is 0 Å². The van der Waals surface area contributed by atoms with Gasteiger partial charge in [0.15, 0.2) is 6.61 Å². The Hall–Kier alpha value is -3.02. The fraction of sp³-hybridized carbons (Fsp3) is 0.222. The number of methoxy groups -OCH3 is 1. The van der Waals surface area contributed by atoms with Gasteiger partial charge >= 0.3 is 0 Å². The third-order valence-electron chi connectivity index (χ3n) is 3.86. The lowest BCUT2D eigenvalue weighted by molar-refractivity contribution is -0.121. The average molecular weight is 326 g/mol. The van der Waals surface area contributed by atoms with Gasteiger partial charge in [0.25, 0.3) is 5.91 Å². The molecule has 0 unspecified atom stereocenters. The van der Waals surface area contributed by atoms with Gasteiger partial charge in [0.2, 0.25) is 5.91 Å². The minimum absolute atomic E-state index is 0.00669. The summed E-state index contributed by atoms with van der Waals surface area (Å²) in [5, 5.41) is 2.85. The molecule has 3 rings (SSSR count). The van der Waals surface area contributed by atoms with E-state index in [1.54, 1.807) is 32.4 Å². The first-order valence-corrected chi connectivity index (χ1v) is 7.53. The normalized spacial score (nSPS) is 13.1. The molecule has 1 aliphatic rings. The van der Waals surface area contributed by atoms with E-state index in [0.717, 1.165) is 11.3 Å². The van der Waals surface area contributed by atoms with Crippen molar-refractivity contribution in [3.8, 4) is 11.5 Å². The molecule has 0 aromatic heterocycles. The molecule has 1 heterocycles. The number of carbonyl (C=O) groups excluding carboxylic acids is 2. The van der Waals surface area contributed by atoms with Crippen molar-refractivity contribution in [2.24, 2.45) is 0 Å². The number of nitrogens with one attached hydrogen (secondary N) is 1. The van der Waals surface area contributed by atoms with E-state index in [9.17, 15) is 9.59 Å². The lowest BCUT2D eigenvalue weighted by atomic mass is 10.1. The molecule has 6 heteroatoms. The zero-order valence-electron chi connectivity index (χ0n) is 13.5. The monoisotopic (exact) mass is 326 g/mol. The molecule has 124 valence electrons. The molecule has 0 radical (unpaired) electrons. The number of fused-ring (bicyclic) bond motifs is 1. The number of ether oxygens (including phenoxy) is 2. The van der Waals surface area contributed by atoms with Crippen molar-refractivity contribution in [3.63, 3.8) is 0 Å². The number of nitrogens with zero attached hydrogens (tertiary/aromatic N) is 1. The Labute approximate surface area is 140 Å². The number of benzene rings is 2. The Balaban J connectivity index is 1.76. The molecule has 2 aromatic carbocycles. The molecule has 0 aliphatic carbocycles. The third-order valence-corrected chi connectivity index (χ3v) is 3.86. The highest BCUT2D eigenvalue weighted by atomic mass is 16.5. The highest BCUT2D eigenvalue weighted by Gasteiger charge is 2.25.